The summed E-state index contributed by atoms with van der Waals surface area (Å²) >= 11 is 0. The number of nitrogens with zero attached hydrogens (tertiary/aromatic N) is 2. The van der Waals surface area contributed by atoms with Gasteiger partial charge in [-0.1, -0.05) is 54.6 Å². The molecule has 1 amide bonds. The fraction of sp³-hybridized carbons (Fsp3) is 0.409. The van der Waals surface area contributed by atoms with Crippen LogP contribution in [-0.2, 0) is 11.3 Å². The summed E-state index contributed by atoms with van der Waals surface area (Å²) in [5.41, 5.74) is 1.38. The van der Waals surface area contributed by atoms with E-state index in [0.717, 1.165) is 52.0 Å². The first-order chi connectivity index (χ1) is 12.3. The van der Waals surface area contributed by atoms with Crippen LogP contribution in [0.5, 0.6) is 0 Å². The summed E-state index contributed by atoms with van der Waals surface area (Å²) in [6.07, 6.45) is 7.37. The molecule has 0 saturated carbocycles. The lowest BCUT2D eigenvalue weighted by Crippen LogP contribution is -2.50. The summed E-state index contributed by atoms with van der Waals surface area (Å²) in [7, 11) is 0. The van der Waals surface area contributed by atoms with Gasteiger partial charge in [0.1, 0.15) is 0 Å². The zero-order valence-corrected chi connectivity index (χ0v) is 14.7. The Hall–Kier alpha value is -2.13. The van der Waals surface area contributed by atoms with E-state index in [2.05, 4.69) is 64.4 Å². The lowest BCUT2D eigenvalue weighted by atomic mass is 9.93. The second-order valence-corrected chi connectivity index (χ2v) is 7.22. The monoisotopic (exact) mass is 334 g/mol. The van der Waals surface area contributed by atoms with Crippen LogP contribution in [0.25, 0.3) is 10.8 Å². The molecule has 1 saturated heterocycles. The van der Waals surface area contributed by atoms with Crippen LogP contribution in [-0.4, -0.2) is 41.9 Å². The fourth-order valence-electron chi connectivity index (χ4n) is 4.07. The Labute approximate surface area is 149 Å². The van der Waals surface area contributed by atoms with Gasteiger partial charge in [0.15, 0.2) is 0 Å². The molecular formula is C22H26N2O. The largest absolute Gasteiger partial charge is 0.340 e. The molecule has 2 aromatic rings. The highest BCUT2D eigenvalue weighted by molar-refractivity contribution is 5.85. The van der Waals surface area contributed by atoms with Crippen molar-refractivity contribution in [3.8, 4) is 0 Å². The van der Waals surface area contributed by atoms with Gasteiger partial charge in [0.25, 0.3) is 0 Å². The Morgan fingerprint density at radius 2 is 1.76 bits per heavy atom. The second-order valence-electron chi connectivity index (χ2n) is 7.22. The van der Waals surface area contributed by atoms with Gasteiger partial charge in [-0.3, -0.25) is 9.69 Å². The molecule has 1 aliphatic heterocycles. The van der Waals surface area contributed by atoms with Crippen molar-refractivity contribution in [2.45, 2.75) is 25.8 Å². The minimum absolute atomic E-state index is 0.217. The summed E-state index contributed by atoms with van der Waals surface area (Å²) in [4.78, 5) is 17.2. The molecule has 0 bridgehead atoms. The Morgan fingerprint density at radius 1 is 0.960 bits per heavy atom. The van der Waals surface area contributed by atoms with E-state index in [9.17, 15) is 4.79 Å². The fourth-order valence-corrected chi connectivity index (χ4v) is 4.07. The van der Waals surface area contributed by atoms with Gasteiger partial charge in [-0.05, 0) is 35.6 Å². The van der Waals surface area contributed by atoms with Crippen molar-refractivity contribution >= 4 is 16.7 Å². The molecule has 1 atom stereocenters. The van der Waals surface area contributed by atoms with Gasteiger partial charge in [-0.15, -0.1) is 0 Å². The molecule has 0 N–H and O–H groups in total. The maximum Gasteiger partial charge on any atom is 0.226 e. The van der Waals surface area contributed by atoms with Gasteiger partial charge >= 0.3 is 0 Å². The molecule has 0 aromatic heterocycles. The van der Waals surface area contributed by atoms with Crippen LogP contribution >= 0.6 is 0 Å². The van der Waals surface area contributed by atoms with E-state index >= 15 is 0 Å². The molecule has 2 aromatic carbocycles. The van der Waals surface area contributed by atoms with E-state index in [0.29, 0.717) is 5.91 Å². The van der Waals surface area contributed by atoms with Gasteiger partial charge in [-0.2, -0.15) is 0 Å². The molecule has 25 heavy (non-hydrogen) atoms. The van der Waals surface area contributed by atoms with Gasteiger partial charge in [0.05, 0.1) is 0 Å². The quantitative estimate of drug-likeness (QED) is 0.796. The predicted molar refractivity (Wildman–Crippen MR) is 102 cm³/mol. The van der Waals surface area contributed by atoms with Crippen molar-refractivity contribution in [2.75, 3.05) is 26.2 Å². The van der Waals surface area contributed by atoms with Crippen molar-refractivity contribution in [3.63, 3.8) is 0 Å². The third kappa shape index (κ3) is 3.62. The van der Waals surface area contributed by atoms with Gasteiger partial charge in [0, 0.05) is 38.6 Å². The van der Waals surface area contributed by atoms with Gasteiger partial charge < -0.3 is 4.90 Å². The molecule has 1 fully saturated rings. The molecule has 0 spiro atoms. The van der Waals surface area contributed by atoms with Crippen molar-refractivity contribution in [1.29, 1.82) is 0 Å². The molecular weight excluding hydrogens is 308 g/mol. The number of hydrogen-bond donors (Lipinski definition) is 0. The van der Waals surface area contributed by atoms with E-state index < -0.39 is 0 Å². The summed E-state index contributed by atoms with van der Waals surface area (Å²) in [6.45, 7) is 4.64. The number of benzene rings is 2. The van der Waals surface area contributed by atoms with Crippen LogP contribution in [0.3, 0.4) is 0 Å². The van der Waals surface area contributed by atoms with E-state index in [1.165, 1.54) is 16.3 Å². The van der Waals surface area contributed by atoms with Crippen LogP contribution in [0, 0.1) is 5.92 Å². The SMILES string of the molecule is O=C(C1CC=CCC1)N1CCN(Cc2cccc3ccccc23)CC1. The zero-order valence-electron chi connectivity index (χ0n) is 14.7. The molecule has 2 aliphatic rings. The summed E-state index contributed by atoms with van der Waals surface area (Å²) in [5.74, 6) is 0.587. The summed E-state index contributed by atoms with van der Waals surface area (Å²) in [5, 5.41) is 2.65. The molecule has 4 rings (SSSR count). The second kappa shape index (κ2) is 7.40. The first-order valence-electron chi connectivity index (χ1n) is 9.44. The summed E-state index contributed by atoms with van der Waals surface area (Å²) in [6, 6.07) is 15.1. The van der Waals surface area contributed by atoms with E-state index in [4.69, 9.17) is 0 Å². The number of piperazine rings is 1. The van der Waals surface area contributed by atoms with Gasteiger partial charge in [-0.25, -0.2) is 0 Å². The van der Waals surface area contributed by atoms with Crippen molar-refractivity contribution in [1.82, 2.24) is 9.80 Å². The standard InChI is InChI=1S/C22H26N2O/c25-22(19-8-2-1-3-9-19)24-15-13-23(14-16-24)17-20-11-6-10-18-7-4-5-12-21(18)20/h1-2,4-7,10-12,19H,3,8-9,13-17H2. The highest BCUT2D eigenvalue weighted by Crippen LogP contribution is 2.23. The first kappa shape index (κ1) is 16.3. The van der Waals surface area contributed by atoms with Crippen LogP contribution in [0.1, 0.15) is 24.8 Å². The smallest absolute Gasteiger partial charge is 0.226 e. The third-order valence-electron chi connectivity index (χ3n) is 5.58. The van der Waals surface area contributed by atoms with Gasteiger partial charge in [0.2, 0.25) is 5.91 Å². The third-order valence-corrected chi connectivity index (χ3v) is 5.58. The number of allylic oxidation sites excluding steroid dienone is 2. The maximum atomic E-state index is 12.7. The first-order valence-corrected chi connectivity index (χ1v) is 9.44. The highest BCUT2D eigenvalue weighted by Gasteiger charge is 2.27. The normalized spacial score (nSPS) is 21.6. The Bertz CT molecular complexity index is 769. The highest BCUT2D eigenvalue weighted by atomic mass is 16.2. The van der Waals surface area contributed by atoms with Crippen molar-refractivity contribution in [2.24, 2.45) is 5.92 Å². The number of carbonyl (C=O) groups excluding carboxylic acids is 1. The van der Waals surface area contributed by atoms with E-state index in [1.807, 2.05) is 0 Å². The van der Waals surface area contributed by atoms with Crippen LogP contribution < -0.4 is 0 Å². The lowest BCUT2D eigenvalue weighted by Gasteiger charge is -2.36. The number of amides is 1. The van der Waals surface area contributed by atoms with Crippen LogP contribution in [0.2, 0.25) is 0 Å². The maximum absolute atomic E-state index is 12.7. The Kier molecular flexibility index (Phi) is 4.84. The molecule has 3 nitrogen and oxygen atoms in total. The Morgan fingerprint density at radius 3 is 2.56 bits per heavy atom. The minimum atomic E-state index is 0.217. The van der Waals surface area contributed by atoms with E-state index in [1.54, 1.807) is 0 Å². The summed E-state index contributed by atoms with van der Waals surface area (Å²) < 4.78 is 0. The molecule has 3 heteroatoms. The zero-order chi connectivity index (χ0) is 17.1. The number of hydrogen-bond acceptors (Lipinski definition) is 2. The number of fused-ring (bicyclic) bond motifs is 1. The minimum Gasteiger partial charge on any atom is -0.340 e. The number of carbonyl (C=O) groups is 1. The Balaban J connectivity index is 1.37. The topological polar surface area (TPSA) is 23.6 Å². The molecule has 1 unspecified atom stereocenters. The van der Waals surface area contributed by atoms with Crippen molar-refractivity contribution < 1.29 is 4.79 Å². The lowest BCUT2D eigenvalue weighted by molar-refractivity contribution is -0.137. The average molecular weight is 334 g/mol. The number of rotatable bonds is 3. The molecule has 0 radical (unpaired) electrons. The van der Waals surface area contributed by atoms with Crippen molar-refractivity contribution in [3.05, 3.63) is 60.2 Å². The molecule has 1 heterocycles. The predicted octanol–water partition coefficient (Wildman–Crippen LogP) is 3.84. The van der Waals surface area contributed by atoms with Crippen LogP contribution in [0.4, 0.5) is 0 Å². The van der Waals surface area contributed by atoms with Crippen LogP contribution in [0.15, 0.2) is 54.6 Å². The molecule has 130 valence electrons. The molecule has 1 aliphatic carbocycles. The average Bonchev–Trinajstić information content (AvgIpc) is 2.69. The van der Waals surface area contributed by atoms with E-state index in [-0.39, 0.29) is 5.92 Å².